The average Bonchev–Trinajstić information content (AvgIpc) is 3.20. The number of rotatable bonds is 4. The third kappa shape index (κ3) is 3.18. The molecule has 8 nitrogen and oxygen atoms in total. The summed E-state index contributed by atoms with van der Waals surface area (Å²) in [5.41, 5.74) is 1.07. The quantitative estimate of drug-likeness (QED) is 0.899. The number of anilines is 1. The van der Waals surface area contributed by atoms with Gasteiger partial charge in [0.2, 0.25) is 5.91 Å². The molecule has 3 rings (SSSR count). The van der Waals surface area contributed by atoms with Gasteiger partial charge in [-0.25, -0.2) is 13.9 Å². The van der Waals surface area contributed by atoms with Gasteiger partial charge in [0.15, 0.2) is 12.0 Å². The first-order valence-electron chi connectivity index (χ1n) is 7.56. The van der Waals surface area contributed by atoms with Gasteiger partial charge in [-0.15, -0.1) is 0 Å². The lowest BCUT2D eigenvalue weighted by atomic mass is 10.2. The van der Waals surface area contributed by atoms with Crippen LogP contribution in [0.1, 0.15) is 12.5 Å². The Kier molecular flexibility index (Phi) is 4.41. The van der Waals surface area contributed by atoms with E-state index in [0.717, 1.165) is 0 Å². The fourth-order valence-electron chi connectivity index (χ4n) is 2.49. The minimum absolute atomic E-state index is 0.115. The molecular weight excluding hydrogens is 331 g/mol. The van der Waals surface area contributed by atoms with E-state index in [4.69, 9.17) is 9.84 Å². The molecule has 1 aliphatic rings. The lowest BCUT2D eigenvalue weighted by Gasteiger charge is -2.20. The van der Waals surface area contributed by atoms with E-state index >= 15 is 0 Å². The smallest absolute Gasteiger partial charge is 0.416 e. The number of hydrogen-bond donors (Lipinski definition) is 1. The van der Waals surface area contributed by atoms with Gasteiger partial charge in [-0.2, -0.15) is 5.10 Å². The van der Waals surface area contributed by atoms with Crippen molar-refractivity contribution in [2.75, 3.05) is 18.5 Å². The summed E-state index contributed by atoms with van der Waals surface area (Å²) in [5.74, 6) is -0.819. The van der Waals surface area contributed by atoms with Crippen molar-refractivity contribution in [3.05, 3.63) is 42.0 Å². The number of halogens is 1. The molecule has 1 fully saturated rings. The Morgan fingerprint density at radius 1 is 1.52 bits per heavy atom. The van der Waals surface area contributed by atoms with E-state index in [2.05, 4.69) is 5.10 Å². The molecule has 0 saturated carbocycles. The Balaban J connectivity index is 1.83. The van der Waals surface area contributed by atoms with Gasteiger partial charge in [0, 0.05) is 25.7 Å². The molecule has 1 aromatic heterocycles. The van der Waals surface area contributed by atoms with E-state index in [1.165, 1.54) is 53.0 Å². The lowest BCUT2D eigenvalue weighted by Crippen LogP contribution is -2.38. The molecule has 0 spiro atoms. The molecule has 0 radical (unpaired) electrons. The fraction of sp³-hybridized carbons (Fsp3) is 0.312. The number of carbonyl (C=O) groups is 2. The van der Waals surface area contributed by atoms with Crippen LogP contribution in [-0.2, 0) is 16.1 Å². The maximum Gasteiger partial charge on any atom is 0.416 e. The molecule has 1 saturated heterocycles. The maximum atomic E-state index is 14.4. The van der Waals surface area contributed by atoms with E-state index in [9.17, 15) is 14.0 Å². The first kappa shape index (κ1) is 16.9. The number of carbonyl (C=O) groups excluding carboxylic acids is 2. The molecule has 9 heteroatoms. The molecule has 0 aliphatic carbocycles. The van der Waals surface area contributed by atoms with Gasteiger partial charge < -0.3 is 14.7 Å². The molecule has 1 atom stereocenters. The zero-order chi connectivity index (χ0) is 18.1. The van der Waals surface area contributed by atoms with Crippen LogP contribution >= 0.6 is 0 Å². The molecule has 1 N–H and O–H groups in total. The van der Waals surface area contributed by atoms with Gasteiger partial charge in [0.1, 0.15) is 5.69 Å². The summed E-state index contributed by atoms with van der Waals surface area (Å²) >= 11 is 0. The number of aliphatic hydroxyl groups excluding tert-OH is 1. The highest BCUT2D eigenvalue weighted by Crippen LogP contribution is 2.26. The summed E-state index contributed by atoms with van der Waals surface area (Å²) in [4.78, 5) is 26.0. The molecule has 1 unspecified atom stereocenters. The van der Waals surface area contributed by atoms with Gasteiger partial charge in [-0.3, -0.25) is 9.69 Å². The number of benzene rings is 1. The predicted octanol–water partition coefficient (Wildman–Crippen LogP) is 1.26. The Morgan fingerprint density at radius 3 is 2.88 bits per heavy atom. The van der Waals surface area contributed by atoms with E-state index in [-0.39, 0.29) is 24.7 Å². The molecule has 2 aromatic rings. The average molecular weight is 348 g/mol. The number of cyclic esters (lactones) is 1. The van der Waals surface area contributed by atoms with Gasteiger partial charge in [-0.05, 0) is 18.2 Å². The second-order valence-corrected chi connectivity index (χ2v) is 5.67. The number of aliphatic hydroxyl groups is 1. The van der Waals surface area contributed by atoms with E-state index in [1.807, 2.05) is 0 Å². The summed E-state index contributed by atoms with van der Waals surface area (Å²) in [7, 11) is 1.53. The number of likely N-dealkylation sites (N-methyl/N-ethyl adjacent to an activating group) is 1. The molecule has 2 amide bonds. The van der Waals surface area contributed by atoms with Crippen LogP contribution < -0.4 is 4.90 Å². The Bertz CT molecular complexity index is 822. The van der Waals surface area contributed by atoms with E-state index < -0.39 is 18.1 Å². The van der Waals surface area contributed by atoms with Gasteiger partial charge in [0.05, 0.1) is 25.0 Å². The highest BCUT2D eigenvalue weighted by Gasteiger charge is 2.36. The third-order valence-electron chi connectivity index (χ3n) is 4.03. The minimum atomic E-state index is -0.717. The summed E-state index contributed by atoms with van der Waals surface area (Å²) in [5, 5.41) is 13.0. The number of hydrogen-bond acceptors (Lipinski definition) is 5. The van der Waals surface area contributed by atoms with Gasteiger partial charge in [0.25, 0.3) is 0 Å². The lowest BCUT2D eigenvalue weighted by molar-refractivity contribution is -0.134. The van der Waals surface area contributed by atoms with Crippen LogP contribution in [-0.4, -0.2) is 51.6 Å². The van der Waals surface area contributed by atoms with Crippen LogP contribution in [0, 0.1) is 5.82 Å². The van der Waals surface area contributed by atoms with E-state index in [1.54, 1.807) is 6.07 Å². The Labute approximate surface area is 143 Å². The fourth-order valence-corrected chi connectivity index (χ4v) is 2.49. The highest BCUT2D eigenvalue weighted by molar-refractivity contribution is 5.90. The number of nitrogens with zero attached hydrogens (tertiary/aromatic N) is 4. The molecular formula is C16H17FN4O4. The molecule has 2 heterocycles. The van der Waals surface area contributed by atoms with Crippen molar-refractivity contribution in [1.82, 2.24) is 14.7 Å². The maximum absolute atomic E-state index is 14.4. The predicted molar refractivity (Wildman–Crippen MR) is 85.5 cm³/mol. The van der Waals surface area contributed by atoms with Crippen molar-refractivity contribution >= 4 is 17.7 Å². The first-order valence-corrected chi connectivity index (χ1v) is 7.56. The number of aromatic nitrogens is 2. The van der Waals surface area contributed by atoms with Crippen molar-refractivity contribution in [1.29, 1.82) is 0 Å². The zero-order valence-electron chi connectivity index (χ0n) is 13.7. The van der Waals surface area contributed by atoms with Crippen molar-refractivity contribution in [2.24, 2.45) is 0 Å². The van der Waals surface area contributed by atoms with Crippen LogP contribution in [0.2, 0.25) is 0 Å². The van der Waals surface area contributed by atoms with Gasteiger partial charge in [-0.1, -0.05) is 0 Å². The van der Waals surface area contributed by atoms with Crippen molar-refractivity contribution in [3.8, 4) is 5.69 Å². The van der Waals surface area contributed by atoms with Crippen molar-refractivity contribution < 1.29 is 23.8 Å². The van der Waals surface area contributed by atoms with Gasteiger partial charge >= 0.3 is 6.09 Å². The summed E-state index contributed by atoms with van der Waals surface area (Å²) in [6.45, 7) is 1.30. The first-order chi connectivity index (χ1) is 11.9. The molecule has 1 aliphatic heterocycles. The van der Waals surface area contributed by atoms with Crippen LogP contribution in [0.4, 0.5) is 14.9 Å². The van der Waals surface area contributed by atoms with Crippen molar-refractivity contribution in [2.45, 2.75) is 19.8 Å². The molecule has 0 bridgehead atoms. The third-order valence-corrected chi connectivity index (χ3v) is 4.03. The second kappa shape index (κ2) is 6.52. The van der Waals surface area contributed by atoms with Crippen LogP contribution in [0.25, 0.3) is 5.69 Å². The standard InChI is InChI=1S/C16H17FN4O4/c1-10(23)19(2)15-8-20(16(24)25-15)12-3-4-14(13(17)5-12)21-7-11(9-22)6-18-21/h3-7,15,22H,8-9H2,1-2H3. The van der Waals surface area contributed by atoms with Crippen LogP contribution in [0.3, 0.4) is 0 Å². The largest absolute Gasteiger partial charge is 0.423 e. The zero-order valence-corrected chi connectivity index (χ0v) is 13.7. The normalized spacial score (nSPS) is 16.9. The summed E-state index contributed by atoms with van der Waals surface area (Å²) in [6.07, 6.45) is 1.59. The van der Waals surface area contributed by atoms with Crippen LogP contribution in [0.5, 0.6) is 0 Å². The van der Waals surface area contributed by atoms with Crippen LogP contribution in [0.15, 0.2) is 30.6 Å². The molecule has 25 heavy (non-hydrogen) atoms. The Morgan fingerprint density at radius 2 is 2.28 bits per heavy atom. The monoisotopic (exact) mass is 348 g/mol. The number of ether oxygens (including phenoxy) is 1. The van der Waals surface area contributed by atoms with E-state index in [0.29, 0.717) is 11.3 Å². The summed E-state index contributed by atoms with van der Waals surface area (Å²) < 4.78 is 20.9. The Hall–Kier alpha value is -2.94. The number of amides is 2. The van der Waals surface area contributed by atoms with Crippen molar-refractivity contribution in [3.63, 3.8) is 0 Å². The second-order valence-electron chi connectivity index (χ2n) is 5.67. The molecule has 132 valence electrons. The summed E-state index contributed by atoms with van der Waals surface area (Å²) in [6, 6.07) is 4.25. The SMILES string of the molecule is CC(=O)N(C)C1CN(c2ccc(-n3cc(CO)cn3)c(F)c2)C(=O)O1. The minimum Gasteiger partial charge on any atom is -0.423 e. The molecule has 1 aromatic carbocycles. The topological polar surface area (TPSA) is 87.9 Å². The highest BCUT2D eigenvalue weighted by atomic mass is 19.1.